The number of rotatable bonds is 5. The van der Waals surface area contributed by atoms with Crippen molar-refractivity contribution in [2.75, 3.05) is 20.6 Å². The molecule has 0 aliphatic carbocycles. The van der Waals surface area contributed by atoms with Crippen LogP contribution in [0.5, 0.6) is 5.75 Å². The summed E-state index contributed by atoms with van der Waals surface area (Å²) in [5.74, 6) is -0.284. The van der Waals surface area contributed by atoms with Gasteiger partial charge in [0.05, 0.1) is 27.2 Å². The van der Waals surface area contributed by atoms with Crippen LogP contribution in [0.2, 0.25) is 0 Å². The van der Waals surface area contributed by atoms with Gasteiger partial charge in [-0.2, -0.15) is 0 Å². The second-order valence-corrected chi connectivity index (χ2v) is 7.50. The van der Waals surface area contributed by atoms with E-state index in [0.29, 0.717) is 23.1 Å². The molecule has 0 bridgehead atoms. The largest absolute Gasteiger partial charge is 0.506 e. The predicted molar refractivity (Wildman–Crippen MR) is 101 cm³/mol. The molecule has 0 aromatic heterocycles. The highest BCUT2D eigenvalue weighted by atomic mass is 19.1. The Kier molecular flexibility index (Phi) is 5.23. The van der Waals surface area contributed by atoms with E-state index in [-0.39, 0.29) is 11.6 Å². The Morgan fingerprint density at radius 1 is 1.30 bits per heavy atom. The second kappa shape index (κ2) is 7.30. The Labute approximate surface area is 160 Å². The lowest BCUT2D eigenvalue weighted by atomic mass is 9.81. The summed E-state index contributed by atoms with van der Waals surface area (Å²) in [6, 6.07) is 12.3. The summed E-state index contributed by atoms with van der Waals surface area (Å²) in [6.45, 7) is 1.12. The van der Waals surface area contributed by atoms with Crippen LogP contribution in [0, 0.1) is 26.0 Å². The second-order valence-electron chi connectivity index (χ2n) is 7.50. The van der Waals surface area contributed by atoms with Crippen LogP contribution in [-0.2, 0) is 16.9 Å². The molecule has 0 saturated carbocycles. The molecule has 1 aliphatic heterocycles. The van der Waals surface area contributed by atoms with Gasteiger partial charge in [0.25, 0.3) is 0 Å². The molecule has 1 atom stereocenters. The topological polar surface area (TPSA) is 33.8 Å². The number of quaternary nitrogens is 1. The number of halogens is 1. The first-order valence-corrected chi connectivity index (χ1v) is 8.79. The van der Waals surface area contributed by atoms with Crippen molar-refractivity contribution in [1.82, 2.24) is 0 Å². The third-order valence-corrected chi connectivity index (χ3v) is 4.89. The highest BCUT2D eigenvalue weighted by molar-refractivity contribution is 5.54. The highest BCUT2D eigenvalue weighted by Crippen LogP contribution is 2.47. The van der Waals surface area contributed by atoms with E-state index in [1.54, 1.807) is 24.3 Å². The molecule has 1 aliphatic rings. The predicted octanol–water partition coefficient (Wildman–Crippen LogP) is 4.18. The van der Waals surface area contributed by atoms with Crippen LogP contribution in [0.3, 0.4) is 0 Å². The van der Waals surface area contributed by atoms with E-state index >= 15 is 0 Å². The fraction of sp³-hybridized carbons (Fsp3) is 0.318. The molecule has 27 heavy (non-hydrogen) atoms. The molecule has 0 saturated heterocycles. The van der Waals surface area contributed by atoms with Crippen molar-refractivity contribution < 1.29 is 18.7 Å². The van der Waals surface area contributed by atoms with Crippen LogP contribution in [-0.4, -0.2) is 30.2 Å². The summed E-state index contributed by atoms with van der Waals surface area (Å²) in [7, 11) is 15.1. The lowest BCUT2D eigenvalue weighted by Gasteiger charge is -2.32. The lowest BCUT2D eigenvalue weighted by Crippen LogP contribution is -2.35. The van der Waals surface area contributed by atoms with Gasteiger partial charge in [0, 0.05) is 0 Å². The Morgan fingerprint density at radius 2 is 2.00 bits per heavy atom. The van der Waals surface area contributed by atoms with Crippen molar-refractivity contribution in [3.05, 3.63) is 83.4 Å². The molecule has 1 heterocycles. The Balaban J connectivity index is 2.06. The smallest absolute Gasteiger partial charge is 0.444 e. The van der Waals surface area contributed by atoms with E-state index in [4.69, 9.17) is 18.8 Å². The summed E-state index contributed by atoms with van der Waals surface area (Å²) in [5, 5.41) is 10.4. The number of fused-ring (bicyclic) bond motifs is 1. The first kappa shape index (κ1) is 19.3. The average Bonchev–Trinajstić information content (AvgIpc) is 2.94. The summed E-state index contributed by atoms with van der Waals surface area (Å²) in [4.78, 5) is 3.36. The Morgan fingerprint density at radius 3 is 2.63 bits per heavy atom. The minimum atomic E-state index is -0.770. The molecular weight excluding hydrogens is 343 g/mol. The van der Waals surface area contributed by atoms with Gasteiger partial charge in [-0.05, 0) is 53.8 Å². The van der Waals surface area contributed by atoms with E-state index in [1.807, 2.05) is 14.1 Å². The third-order valence-electron chi connectivity index (χ3n) is 4.89. The van der Waals surface area contributed by atoms with Crippen molar-refractivity contribution in [2.45, 2.75) is 25.0 Å². The summed E-state index contributed by atoms with van der Waals surface area (Å²) in [5.41, 5.74) is 2.26. The fourth-order valence-corrected chi connectivity index (χ4v) is 3.61. The molecule has 3 rings (SSSR count). The molecule has 138 valence electrons. The molecule has 4 nitrogen and oxygen atoms in total. The summed E-state index contributed by atoms with van der Waals surface area (Å²) >= 11 is 0. The molecule has 2 aromatic rings. The van der Waals surface area contributed by atoms with Crippen LogP contribution >= 0.6 is 0 Å². The first-order valence-electron chi connectivity index (χ1n) is 8.79. The van der Waals surface area contributed by atoms with Gasteiger partial charge in [-0.1, -0.05) is 17.0 Å². The van der Waals surface area contributed by atoms with Gasteiger partial charge in [-0.15, -0.1) is 0 Å². The monoisotopic (exact) mass is 366 g/mol. The van der Waals surface area contributed by atoms with Crippen molar-refractivity contribution in [2.24, 2.45) is 0 Å². The molecular formula is C22H23FN2O2+2. The zero-order valence-corrected chi connectivity index (χ0v) is 15.6. The number of nitrogens with zero attached hydrogens (tertiary/aromatic N) is 2. The molecule has 1 N–H and O–H groups in total. The van der Waals surface area contributed by atoms with Crippen molar-refractivity contribution in [3.8, 4) is 11.8 Å². The number of hydrogen-bond donors (Lipinski definition) is 1. The van der Waals surface area contributed by atoms with Crippen LogP contribution in [0.25, 0.3) is 4.85 Å². The van der Waals surface area contributed by atoms with Crippen LogP contribution in [0.4, 0.5) is 4.39 Å². The maximum absolute atomic E-state index is 13.5. The molecule has 0 fully saturated rings. The Hall–Kier alpha value is -2.42. The quantitative estimate of drug-likeness (QED) is 0.806. The van der Waals surface area contributed by atoms with Gasteiger partial charge in [0.1, 0.15) is 22.7 Å². The molecule has 1 unspecified atom stereocenters. The molecule has 0 spiro atoms. The molecule has 0 amide bonds. The van der Waals surface area contributed by atoms with Gasteiger partial charge in [0.15, 0.2) is 0 Å². The first-order chi connectivity index (χ1) is 12.7. The van der Waals surface area contributed by atoms with Gasteiger partial charge in [0.2, 0.25) is 7.05 Å². The van der Waals surface area contributed by atoms with Gasteiger partial charge < -0.3 is 14.3 Å². The van der Waals surface area contributed by atoms with Gasteiger partial charge >= 0.3 is 13.1 Å². The third kappa shape index (κ3) is 3.97. The van der Waals surface area contributed by atoms with Crippen molar-refractivity contribution in [1.29, 1.82) is 0 Å². The lowest BCUT2D eigenvalue weighted by molar-refractivity contribution is -0.845. The minimum Gasteiger partial charge on any atom is -0.506 e. The van der Waals surface area contributed by atoms with Gasteiger partial charge in [-0.25, -0.2) is 4.39 Å². The molecule has 2 aromatic carbocycles. The number of aromatic hydroxyl groups is 1. The SMILES string of the molecule is [CH][N+]#Cc1cc2c(cc1O)C(CCC[N+]([CH])(C)C)(c1ccc(F)cc1)OC2. The number of ether oxygens (including phenoxy) is 1. The molecule has 4 radical (unpaired) electrons. The maximum Gasteiger partial charge on any atom is 0.444 e. The standard InChI is InChI=1S/C22H23FN2O2/c1-24-14-16-12-17-15-27-22(20(17)13-21(16)26,10-5-11-25(2,3)4)18-6-8-19(23)9-7-18/h1-2,6-9,12-13,26H,5,10-11,15H2,3-4H3/q+2. The number of phenols is 1. The van der Waals surface area contributed by atoms with Gasteiger partial charge in [-0.3, -0.25) is 0 Å². The zero-order valence-electron chi connectivity index (χ0n) is 15.6. The number of hydrogen-bond acceptors (Lipinski definition) is 2. The minimum absolute atomic E-state index is 0.0230. The van der Waals surface area contributed by atoms with Crippen LogP contribution < -0.4 is 0 Å². The fourth-order valence-electron chi connectivity index (χ4n) is 3.61. The number of benzene rings is 2. The van der Waals surface area contributed by atoms with Crippen LogP contribution in [0.1, 0.15) is 35.1 Å². The van der Waals surface area contributed by atoms with Crippen LogP contribution in [0.15, 0.2) is 36.4 Å². The van der Waals surface area contributed by atoms with Crippen molar-refractivity contribution >= 4 is 0 Å². The highest BCUT2D eigenvalue weighted by Gasteiger charge is 2.42. The van der Waals surface area contributed by atoms with E-state index in [0.717, 1.165) is 29.7 Å². The van der Waals surface area contributed by atoms with E-state index in [2.05, 4.69) is 10.9 Å². The number of phenolic OH excluding ortho intramolecular Hbond substituents is 1. The van der Waals surface area contributed by atoms with Crippen molar-refractivity contribution in [3.63, 3.8) is 0 Å². The zero-order chi connectivity index (χ0) is 19.7. The average molecular weight is 366 g/mol. The Bertz CT molecular complexity index is 891. The summed E-state index contributed by atoms with van der Waals surface area (Å²) in [6.07, 6.45) is 1.44. The van der Waals surface area contributed by atoms with E-state index in [9.17, 15) is 9.50 Å². The van der Waals surface area contributed by atoms with E-state index in [1.165, 1.54) is 12.1 Å². The van der Waals surface area contributed by atoms with E-state index < -0.39 is 5.60 Å². The molecule has 5 heteroatoms. The normalized spacial score (nSPS) is 18.7. The maximum atomic E-state index is 13.5. The summed E-state index contributed by atoms with van der Waals surface area (Å²) < 4.78 is 20.1.